The van der Waals surface area contributed by atoms with E-state index in [0.717, 1.165) is 23.0 Å². The SMILES string of the molecule is CC(C)OCCN(C)c1ccc(Br)cc1C=O. The lowest BCUT2D eigenvalue weighted by Crippen LogP contribution is -2.24. The van der Waals surface area contributed by atoms with E-state index in [2.05, 4.69) is 15.9 Å². The number of hydrogen-bond acceptors (Lipinski definition) is 3. The third-order valence-electron chi connectivity index (χ3n) is 2.41. The average Bonchev–Trinajstić information content (AvgIpc) is 2.28. The van der Waals surface area contributed by atoms with Crippen molar-refractivity contribution in [2.75, 3.05) is 25.1 Å². The molecule has 0 atom stereocenters. The summed E-state index contributed by atoms with van der Waals surface area (Å²) in [5, 5.41) is 0. The van der Waals surface area contributed by atoms with Gasteiger partial charge >= 0.3 is 0 Å². The van der Waals surface area contributed by atoms with E-state index in [1.54, 1.807) is 0 Å². The molecular formula is C13H18BrNO2. The van der Waals surface area contributed by atoms with Crippen LogP contribution < -0.4 is 4.90 Å². The summed E-state index contributed by atoms with van der Waals surface area (Å²) in [4.78, 5) is 13.0. The molecule has 0 bridgehead atoms. The molecule has 0 heterocycles. The first kappa shape index (κ1) is 14.2. The minimum absolute atomic E-state index is 0.235. The van der Waals surface area contributed by atoms with Crippen molar-refractivity contribution in [2.24, 2.45) is 0 Å². The van der Waals surface area contributed by atoms with Crippen LogP contribution in [0.4, 0.5) is 5.69 Å². The first-order valence-corrected chi connectivity index (χ1v) is 6.41. The van der Waals surface area contributed by atoms with Gasteiger partial charge in [0.2, 0.25) is 0 Å². The number of carbonyl (C=O) groups excluding carboxylic acids is 1. The molecule has 0 saturated heterocycles. The summed E-state index contributed by atoms with van der Waals surface area (Å²) < 4.78 is 6.40. The highest BCUT2D eigenvalue weighted by atomic mass is 79.9. The maximum atomic E-state index is 11.0. The number of halogens is 1. The molecule has 17 heavy (non-hydrogen) atoms. The second-order valence-corrected chi connectivity index (χ2v) is 5.08. The van der Waals surface area contributed by atoms with Crippen molar-refractivity contribution in [3.05, 3.63) is 28.2 Å². The molecule has 0 N–H and O–H groups in total. The van der Waals surface area contributed by atoms with Gasteiger partial charge in [-0.2, -0.15) is 0 Å². The highest BCUT2D eigenvalue weighted by Crippen LogP contribution is 2.22. The number of ether oxygens (including phenoxy) is 1. The Morgan fingerprint density at radius 3 is 2.76 bits per heavy atom. The van der Waals surface area contributed by atoms with Crippen LogP contribution in [0.5, 0.6) is 0 Å². The van der Waals surface area contributed by atoms with E-state index in [0.29, 0.717) is 12.2 Å². The highest BCUT2D eigenvalue weighted by molar-refractivity contribution is 9.10. The fourth-order valence-corrected chi connectivity index (χ4v) is 1.89. The molecule has 0 aliphatic rings. The van der Waals surface area contributed by atoms with Gasteiger partial charge in [0.25, 0.3) is 0 Å². The van der Waals surface area contributed by atoms with Gasteiger partial charge in [-0.15, -0.1) is 0 Å². The fourth-order valence-electron chi connectivity index (χ4n) is 1.51. The zero-order chi connectivity index (χ0) is 12.8. The van der Waals surface area contributed by atoms with E-state index in [9.17, 15) is 4.79 Å². The van der Waals surface area contributed by atoms with E-state index >= 15 is 0 Å². The Morgan fingerprint density at radius 1 is 1.47 bits per heavy atom. The Kier molecular flexibility index (Phi) is 5.65. The molecule has 0 radical (unpaired) electrons. The number of anilines is 1. The number of rotatable bonds is 6. The van der Waals surface area contributed by atoms with Crippen LogP contribution >= 0.6 is 15.9 Å². The Hall–Kier alpha value is -0.870. The molecule has 1 rings (SSSR count). The Labute approximate surface area is 111 Å². The van der Waals surface area contributed by atoms with Crippen molar-refractivity contribution in [3.63, 3.8) is 0 Å². The molecule has 0 saturated carbocycles. The molecule has 0 amide bonds. The van der Waals surface area contributed by atoms with Gasteiger partial charge in [0.15, 0.2) is 6.29 Å². The van der Waals surface area contributed by atoms with Gasteiger partial charge in [0.05, 0.1) is 12.7 Å². The molecule has 94 valence electrons. The Morgan fingerprint density at radius 2 is 2.18 bits per heavy atom. The van der Waals surface area contributed by atoms with E-state index in [4.69, 9.17) is 4.74 Å². The molecule has 4 heteroatoms. The average molecular weight is 300 g/mol. The van der Waals surface area contributed by atoms with Crippen molar-refractivity contribution < 1.29 is 9.53 Å². The standard InChI is InChI=1S/C13H18BrNO2/c1-10(2)17-7-6-15(3)13-5-4-12(14)8-11(13)9-16/h4-5,8-10H,6-7H2,1-3H3. The number of carbonyl (C=O) groups is 1. The first-order valence-electron chi connectivity index (χ1n) is 5.62. The first-order chi connectivity index (χ1) is 8.04. The van der Waals surface area contributed by atoms with Gasteiger partial charge in [-0.1, -0.05) is 15.9 Å². The fraction of sp³-hybridized carbons (Fsp3) is 0.462. The van der Waals surface area contributed by atoms with E-state index in [-0.39, 0.29) is 6.10 Å². The van der Waals surface area contributed by atoms with E-state index in [1.165, 1.54) is 0 Å². The summed E-state index contributed by atoms with van der Waals surface area (Å²) in [6.07, 6.45) is 1.11. The van der Waals surface area contributed by atoms with Crippen LogP contribution in [0.25, 0.3) is 0 Å². The summed E-state index contributed by atoms with van der Waals surface area (Å²) in [5.74, 6) is 0. The maximum Gasteiger partial charge on any atom is 0.152 e. The molecule has 0 spiro atoms. The highest BCUT2D eigenvalue weighted by Gasteiger charge is 2.07. The molecule has 0 aliphatic heterocycles. The summed E-state index contributed by atoms with van der Waals surface area (Å²) >= 11 is 3.36. The number of benzene rings is 1. The van der Waals surface area contributed by atoms with Gasteiger partial charge in [-0.25, -0.2) is 0 Å². The van der Waals surface area contributed by atoms with E-state index < -0.39 is 0 Å². The monoisotopic (exact) mass is 299 g/mol. The second kappa shape index (κ2) is 6.77. The van der Waals surface area contributed by atoms with Crippen molar-refractivity contribution in [1.82, 2.24) is 0 Å². The lowest BCUT2D eigenvalue weighted by atomic mass is 10.2. The molecule has 1 aromatic carbocycles. The van der Waals surface area contributed by atoms with Gasteiger partial charge in [0.1, 0.15) is 0 Å². The Bertz CT molecular complexity index is 380. The number of nitrogens with zero attached hydrogens (tertiary/aromatic N) is 1. The molecule has 3 nitrogen and oxygen atoms in total. The second-order valence-electron chi connectivity index (χ2n) is 4.16. The van der Waals surface area contributed by atoms with Gasteiger partial charge in [-0.3, -0.25) is 4.79 Å². The minimum atomic E-state index is 0.235. The van der Waals surface area contributed by atoms with Gasteiger partial charge in [-0.05, 0) is 32.0 Å². The predicted molar refractivity (Wildman–Crippen MR) is 73.9 cm³/mol. The molecule has 0 aromatic heterocycles. The van der Waals surface area contributed by atoms with Crippen LogP contribution in [0.2, 0.25) is 0 Å². The number of aldehydes is 1. The third kappa shape index (κ3) is 4.48. The molecule has 1 aromatic rings. The van der Waals surface area contributed by atoms with Gasteiger partial charge < -0.3 is 9.64 Å². The van der Waals surface area contributed by atoms with Crippen molar-refractivity contribution in [1.29, 1.82) is 0 Å². The van der Waals surface area contributed by atoms with E-state index in [1.807, 2.05) is 44.0 Å². The predicted octanol–water partition coefficient (Wildman–Crippen LogP) is 3.12. The van der Waals surface area contributed by atoms with Crippen molar-refractivity contribution in [2.45, 2.75) is 20.0 Å². The van der Waals surface area contributed by atoms with Crippen LogP contribution in [0.1, 0.15) is 24.2 Å². The largest absolute Gasteiger partial charge is 0.377 e. The lowest BCUT2D eigenvalue weighted by molar-refractivity contribution is 0.0845. The number of hydrogen-bond donors (Lipinski definition) is 0. The molecule has 0 unspecified atom stereocenters. The Balaban J connectivity index is 2.68. The van der Waals surface area contributed by atoms with Crippen LogP contribution in [-0.4, -0.2) is 32.6 Å². The summed E-state index contributed by atoms with van der Waals surface area (Å²) in [6.45, 7) is 5.44. The molecule has 0 aliphatic carbocycles. The van der Waals surface area contributed by atoms with Crippen LogP contribution in [0, 0.1) is 0 Å². The van der Waals surface area contributed by atoms with Gasteiger partial charge in [0, 0.05) is 29.3 Å². The smallest absolute Gasteiger partial charge is 0.152 e. The minimum Gasteiger partial charge on any atom is -0.377 e. The summed E-state index contributed by atoms with van der Waals surface area (Å²) in [5.41, 5.74) is 1.61. The summed E-state index contributed by atoms with van der Waals surface area (Å²) in [6, 6.07) is 5.69. The maximum absolute atomic E-state index is 11.0. The van der Waals surface area contributed by atoms with Crippen LogP contribution in [0.3, 0.4) is 0 Å². The quantitative estimate of drug-likeness (QED) is 0.756. The zero-order valence-corrected chi connectivity index (χ0v) is 12.0. The molecular weight excluding hydrogens is 282 g/mol. The third-order valence-corrected chi connectivity index (χ3v) is 2.90. The summed E-state index contributed by atoms with van der Waals surface area (Å²) in [7, 11) is 1.96. The van der Waals surface area contributed by atoms with Crippen molar-refractivity contribution in [3.8, 4) is 0 Å². The number of likely N-dealkylation sites (N-methyl/N-ethyl adjacent to an activating group) is 1. The topological polar surface area (TPSA) is 29.5 Å². The van der Waals surface area contributed by atoms with Crippen LogP contribution in [0.15, 0.2) is 22.7 Å². The lowest BCUT2D eigenvalue weighted by Gasteiger charge is -2.21. The normalized spacial score (nSPS) is 10.6. The van der Waals surface area contributed by atoms with Crippen molar-refractivity contribution >= 4 is 27.9 Å². The van der Waals surface area contributed by atoms with Crippen LogP contribution in [-0.2, 0) is 4.74 Å². The molecule has 0 fully saturated rings. The zero-order valence-electron chi connectivity index (χ0n) is 10.4.